The Morgan fingerprint density at radius 3 is 2.20 bits per heavy atom. The van der Waals surface area contributed by atoms with Gasteiger partial charge in [0.05, 0.1) is 10.5 Å². The van der Waals surface area contributed by atoms with E-state index >= 15 is 0 Å². The number of esters is 1. The SMILES string of the molecule is O=C(OC1CCCCC1)c1ccc(NS(=O)(=O)c2ccccc2)cc1. The Bertz CT molecular complexity index is 810. The molecule has 5 nitrogen and oxygen atoms in total. The highest BCUT2D eigenvalue weighted by atomic mass is 32.2. The first-order chi connectivity index (χ1) is 12.0. The fourth-order valence-electron chi connectivity index (χ4n) is 2.89. The maximum absolute atomic E-state index is 12.3. The van der Waals surface area contributed by atoms with Crippen molar-refractivity contribution < 1.29 is 17.9 Å². The molecule has 0 spiro atoms. The van der Waals surface area contributed by atoms with Crippen molar-refractivity contribution in [3.8, 4) is 0 Å². The lowest BCUT2D eigenvalue weighted by Crippen LogP contribution is -2.21. The molecule has 3 rings (SSSR count). The molecule has 1 aliphatic rings. The van der Waals surface area contributed by atoms with Gasteiger partial charge in [-0.3, -0.25) is 4.72 Å². The van der Waals surface area contributed by atoms with Gasteiger partial charge in [-0.05, 0) is 62.1 Å². The lowest BCUT2D eigenvalue weighted by molar-refractivity contribution is 0.0211. The van der Waals surface area contributed by atoms with Crippen LogP contribution in [0.25, 0.3) is 0 Å². The summed E-state index contributed by atoms with van der Waals surface area (Å²) in [6, 6.07) is 14.4. The van der Waals surface area contributed by atoms with Gasteiger partial charge in [0.15, 0.2) is 0 Å². The van der Waals surface area contributed by atoms with E-state index in [4.69, 9.17) is 4.74 Å². The minimum Gasteiger partial charge on any atom is -0.459 e. The van der Waals surface area contributed by atoms with Crippen LogP contribution in [-0.4, -0.2) is 20.5 Å². The number of nitrogens with one attached hydrogen (secondary N) is 1. The van der Waals surface area contributed by atoms with Gasteiger partial charge in [0.1, 0.15) is 6.10 Å². The van der Waals surface area contributed by atoms with Gasteiger partial charge in [0, 0.05) is 5.69 Å². The maximum atomic E-state index is 12.3. The predicted molar refractivity (Wildman–Crippen MR) is 96.0 cm³/mol. The molecule has 0 aromatic heterocycles. The van der Waals surface area contributed by atoms with Crippen LogP contribution in [0, 0.1) is 0 Å². The Labute approximate surface area is 148 Å². The van der Waals surface area contributed by atoms with E-state index in [1.54, 1.807) is 42.5 Å². The quantitative estimate of drug-likeness (QED) is 0.820. The number of rotatable bonds is 5. The van der Waals surface area contributed by atoms with Crippen molar-refractivity contribution in [2.75, 3.05) is 4.72 Å². The van der Waals surface area contributed by atoms with E-state index in [9.17, 15) is 13.2 Å². The van der Waals surface area contributed by atoms with Crippen LogP contribution in [0.1, 0.15) is 42.5 Å². The molecule has 1 aliphatic carbocycles. The van der Waals surface area contributed by atoms with E-state index in [0.717, 1.165) is 25.7 Å². The number of benzene rings is 2. The number of hydrogen-bond donors (Lipinski definition) is 1. The normalized spacial score (nSPS) is 15.5. The van der Waals surface area contributed by atoms with Crippen molar-refractivity contribution in [2.24, 2.45) is 0 Å². The molecular weight excluding hydrogens is 338 g/mol. The summed E-state index contributed by atoms with van der Waals surface area (Å²) >= 11 is 0. The molecule has 1 fully saturated rings. The van der Waals surface area contributed by atoms with Crippen molar-refractivity contribution in [3.05, 3.63) is 60.2 Å². The summed E-state index contributed by atoms with van der Waals surface area (Å²) < 4.78 is 32.6. The van der Waals surface area contributed by atoms with Gasteiger partial charge in [-0.1, -0.05) is 24.6 Å². The Balaban J connectivity index is 1.65. The van der Waals surface area contributed by atoms with Crippen molar-refractivity contribution in [2.45, 2.75) is 43.1 Å². The highest BCUT2D eigenvalue weighted by Crippen LogP contribution is 2.22. The molecular formula is C19H21NO4S. The molecule has 0 saturated heterocycles. The second kappa shape index (κ2) is 7.70. The second-order valence-corrected chi connectivity index (χ2v) is 7.84. The lowest BCUT2D eigenvalue weighted by Gasteiger charge is -2.21. The third kappa shape index (κ3) is 4.60. The van der Waals surface area contributed by atoms with Gasteiger partial charge in [0.2, 0.25) is 0 Å². The molecule has 25 heavy (non-hydrogen) atoms. The fourth-order valence-corrected chi connectivity index (χ4v) is 3.97. The summed E-state index contributed by atoms with van der Waals surface area (Å²) in [4.78, 5) is 12.4. The van der Waals surface area contributed by atoms with Crippen molar-refractivity contribution >= 4 is 21.7 Å². The van der Waals surface area contributed by atoms with E-state index in [2.05, 4.69) is 4.72 Å². The number of ether oxygens (including phenoxy) is 1. The molecule has 0 bridgehead atoms. The van der Waals surface area contributed by atoms with E-state index in [-0.39, 0.29) is 17.0 Å². The highest BCUT2D eigenvalue weighted by Gasteiger charge is 2.19. The minimum atomic E-state index is -3.64. The first-order valence-electron chi connectivity index (χ1n) is 8.43. The van der Waals surface area contributed by atoms with Gasteiger partial charge in [-0.25, -0.2) is 13.2 Å². The third-order valence-corrected chi connectivity index (χ3v) is 5.65. The molecule has 1 saturated carbocycles. The smallest absolute Gasteiger partial charge is 0.338 e. The molecule has 2 aromatic carbocycles. The topological polar surface area (TPSA) is 72.5 Å². The zero-order chi connectivity index (χ0) is 17.7. The first kappa shape index (κ1) is 17.5. The maximum Gasteiger partial charge on any atom is 0.338 e. The van der Waals surface area contributed by atoms with E-state index in [0.29, 0.717) is 11.3 Å². The summed E-state index contributed by atoms with van der Waals surface area (Å²) in [5.41, 5.74) is 0.825. The average molecular weight is 359 g/mol. The van der Waals surface area contributed by atoms with Crippen molar-refractivity contribution in [1.82, 2.24) is 0 Å². The van der Waals surface area contributed by atoms with Gasteiger partial charge in [0.25, 0.3) is 10.0 Å². The standard InChI is InChI=1S/C19H21NO4S/c21-19(24-17-7-3-1-4-8-17)15-11-13-16(14-12-15)20-25(22,23)18-9-5-2-6-10-18/h2,5-6,9-14,17,20H,1,3-4,7-8H2. The highest BCUT2D eigenvalue weighted by molar-refractivity contribution is 7.92. The van der Waals surface area contributed by atoms with Crippen LogP contribution in [0.15, 0.2) is 59.5 Å². The van der Waals surface area contributed by atoms with E-state index in [1.807, 2.05) is 0 Å². The van der Waals surface area contributed by atoms with Crippen LogP contribution in [0.4, 0.5) is 5.69 Å². The molecule has 6 heteroatoms. The Hall–Kier alpha value is -2.34. The van der Waals surface area contributed by atoms with E-state index in [1.165, 1.54) is 18.6 Å². The van der Waals surface area contributed by atoms with Gasteiger partial charge in [-0.2, -0.15) is 0 Å². The summed E-state index contributed by atoms with van der Waals surface area (Å²) in [7, 11) is -3.64. The first-order valence-corrected chi connectivity index (χ1v) is 9.92. The predicted octanol–water partition coefficient (Wildman–Crippen LogP) is 3.98. The van der Waals surface area contributed by atoms with Crippen molar-refractivity contribution in [3.63, 3.8) is 0 Å². The number of carbonyl (C=O) groups excluding carboxylic acids is 1. The van der Waals surface area contributed by atoms with Crippen LogP contribution >= 0.6 is 0 Å². The zero-order valence-corrected chi connectivity index (χ0v) is 14.7. The summed E-state index contributed by atoms with van der Waals surface area (Å²) in [5.74, 6) is -0.357. The van der Waals surface area contributed by atoms with Crippen LogP contribution in [0.2, 0.25) is 0 Å². The molecule has 132 valence electrons. The Morgan fingerprint density at radius 1 is 0.920 bits per heavy atom. The monoisotopic (exact) mass is 359 g/mol. The van der Waals surface area contributed by atoms with Crippen LogP contribution in [-0.2, 0) is 14.8 Å². The van der Waals surface area contributed by atoms with E-state index < -0.39 is 10.0 Å². The summed E-state index contributed by atoms with van der Waals surface area (Å²) in [6.45, 7) is 0. The summed E-state index contributed by atoms with van der Waals surface area (Å²) in [6.07, 6.45) is 5.22. The molecule has 1 N–H and O–H groups in total. The van der Waals surface area contributed by atoms with Gasteiger partial charge in [-0.15, -0.1) is 0 Å². The number of carbonyl (C=O) groups is 1. The van der Waals surface area contributed by atoms with Crippen molar-refractivity contribution in [1.29, 1.82) is 0 Å². The molecule has 0 amide bonds. The van der Waals surface area contributed by atoms with Crippen LogP contribution < -0.4 is 4.72 Å². The number of sulfonamides is 1. The largest absolute Gasteiger partial charge is 0.459 e. The minimum absolute atomic E-state index is 0.00231. The number of hydrogen-bond acceptors (Lipinski definition) is 4. The molecule has 0 unspecified atom stereocenters. The second-order valence-electron chi connectivity index (χ2n) is 6.16. The van der Waals surface area contributed by atoms with Crippen LogP contribution in [0.5, 0.6) is 0 Å². The summed E-state index contributed by atoms with van der Waals surface area (Å²) in [5, 5.41) is 0. The van der Waals surface area contributed by atoms with Gasteiger partial charge < -0.3 is 4.74 Å². The Morgan fingerprint density at radius 2 is 1.56 bits per heavy atom. The number of anilines is 1. The molecule has 2 aromatic rings. The molecule has 0 radical (unpaired) electrons. The Kier molecular flexibility index (Phi) is 5.38. The molecule has 0 aliphatic heterocycles. The zero-order valence-electron chi connectivity index (χ0n) is 13.9. The third-order valence-electron chi connectivity index (χ3n) is 4.25. The molecule has 0 atom stereocenters. The van der Waals surface area contributed by atoms with Crippen LogP contribution in [0.3, 0.4) is 0 Å². The van der Waals surface area contributed by atoms with Gasteiger partial charge >= 0.3 is 5.97 Å². The molecule has 0 heterocycles. The average Bonchev–Trinajstić information content (AvgIpc) is 2.63. The lowest BCUT2D eigenvalue weighted by atomic mass is 9.98. The fraction of sp³-hybridized carbons (Fsp3) is 0.316.